The first-order valence-corrected chi connectivity index (χ1v) is 12.5. The molecule has 0 radical (unpaired) electrons. The lowest BCUT2D eigenvalue weighted by atomic mass is 10.0. The molecule has 2 heterocycles. The molecule has 1 aromatic carbocycles. The van der Waals surface area contributed by atoms with Gasteiger partial charge in [-0.25, -0.2) is 13.6 Å². The Labute approximate surface area is 242 Å². The van der Waals surface area contributed by atoms with Gasteiger partial charge in [0.15, 0.2) is 17.9 Å². The van der Waals surface area contributed by atoms with E-state index in [0.717, 1.165) is 18.9 Å². The van der Waals surface area contributed by atoms with Gasteiger partial charge in [0.2, 0.25) is 11.3 Å². The van der Waals surface area contributed by atoms with Crippen LogP contribution < -0.4 is 26.1 Å². The first-order valence-electron chi connectivity index (χ1n) is 12.5. The molecule has 1 saturated heterocycles. The summed E-state index contributed by atoms with van der Waals surface area (Å²) in [5.74, 6) is -2.60. The number of carboxylic acid groups (broad SMARTS) is 1. The molecular formula is C26H35Cl2F2N5O5. The van der Waals surface area contributed by atoms with Crippen LogP contribution in [0.3, 0.4) is 0 Å². The van der Waals surface area contributed by atoms with Gasteiger partial charge in [-0.3, -0.25) is 9.59 Å². The van der Waals surface area contributed by atoms with Gasteiger partial charge < -0.3 is 35.3 Å². The predicted molar refractivity (Wildman–Crippen MR) is 154 cm³/mol. The van der Waals surface area contributed by atoms with E-state index in [1.807, 2.05) is 0 Å². The number of aromatic carboxylic acids is 1. The van der Waals surface area contributed by atoms with Gasteiger partial charge in [-0.15, -0.1) is 24.8 Å². The van der Waals surface area contributed by atoms with Crippen LogP contribution in [0.5, 0.6) is 5.75 Å². The Morgan fingerprint density at radius 2 is 2.00 bits per heavy atom. The highest BCUT2D eigenvalue weighted by Crippen LogP contribution is 2.44. The number of halogens is 4. The molecule has 2 aromatic rings. The van der Waals surface area contributed by atoms with E-state index in [1.165, 1.54) is 19.4 Å². The van der Waals surface area contributed by atoms with Crippen molar-refractivity contribution in [1.82, 2.24) is 14.8 Å². The first-order chi connectivity index (χ1) is 18.0. The molecule has 1 saturated carbocycles. The van der Waals surface area contributed by atoms with E-state index in [-0.39, 0.29) is 60.8 Å². The monoisotopic (exact) mass is 605 g/mol. The largest absolute Gasteiger partial charge is 0.492 e. The summed E-state index contributed by atoms with van der Waals surface area (Å²) in [7, 11) is 4.89. The summed E-state index contributed by atoms with van der Waals surface area (Å²) < 4.78 is 37.6. The van der Waals surface area contributed by atoms with E-state index >= 15 is 4.39 Å². The van der Waals surface area contributed by atoms with Gasteiger partial charge in [0.25, 0.3) is 0 Å². The molecule has 1 aliphatic heterocycles. The molecular weight excluding hydrogens is 571 g/mol. The number of benzene rings is 1. The molecule has 2 atom stereocenters. The third-order valence-corrected chi connectivity index (χ3v) is 6.77. The van der Waals surface area contributed by atoms with E-state index in [2.05, 4.69) is 5.32 Å². The maximum Gasteiger partial charge on any atom is 0.341 e. The van der Waals surface area contributed by atoms with Crippen molar-refractivity contribution >= 4 is 53.3 Å². The number of aromatic nitrogens is 1. The summed E-state index contributed by atoms with van der Waals surface area (Å²) in [4.78, 5) is 40.2. The minimum absolute atomic E-state index is 0. The van der Waals surface area contributed by atoms with Crippen molar-refractivity contribution in [3.8, 4) is 5.75 Å². The van der Waals surface area contributed by atoms with Crippen LogP contribution in [0.1, 0.15) is 42.1 Å². The number of ether oxygens (including phenoxy) is 1. The van der Waals surface area contributed by atoms with Gasteiger partial charge >= 0.3 is 5.97 Å². The SMILES string of the molecule is COc1c(N2CCCC(=CC(F)NC(=O)[C@@H](N)CN(C)C)C2)c(F)cc2c(=O)c(C(=O)O)cn(C3CC3)c12.Cl.Cl. The van der Waals surface area contributed by atoms with Crippen LogP contribution in [-0.2, 0) is 4.79 Å². The first kappa shape index (κ1) is 33.3. The number of carboxylic acids is 1. The number of anilines is 1. The standard InChI is InChI=1S/C26H33F2N5O5.2ClH/c1-31(2)13-19(29)25(35)30-20(28)9-14-5-4-8-32(11-14)22-18(27)10-16-21(24(22)38-3)33(15-6-7-15)12-17(23(16)34)26(36)37;;/h9-10,12,15,19-20H,4-8,11,13,29H2,1-3H3,(H,30,35)(H,36,37);2*1H/t19-,20?;;/m0../s1. The molecule has 2 aliphatic rings. The van der Waals surface area contributed by atoms with Crippen molar-refractivity contribution in [2.45, 2.75) is 44.1 Å². The van der Waals surface area contributed by atoms with Crippen molar-refractivity contribution in [1.29, 1.82) is 0 Å². The topological polar surface area (TPSA) is 130 Å². The highest BCUT2D eigenvalue weighted by atomic mass is 35.5. The third kappa shape index (κ3) is 7.03. The molecule has 4 rings (SSSR count). The molecule has 4 N–H and O–H groups in total. The van der Waals surface area contributed by atoms with Crippen LogP contribution in [0.4, 0.5) is 14.5 Å². The Kier molecular flexibility index (Phi) is 11.3. The molecule has 1 unspecified atom stereocenters. The molecule has 1 amide bonds. The summed E-state index contributed by atoms with van der Waals surface area (Å²) in [6, 6.07) is 0.157. The van der Waals surface area contributed by atoms with E-state index in [4.69, 9.17) is 10.5 Å². The number of likely N-dealkylation sites (N-methyl/N-ethyl adjacent to an activating group) is 1. The summed E-state index contributed by atoms with van der Waals surface area (Å²) in [6.45, 7) is 0.900. The third-order valence-electron chi connectivity index (χ3n) is 6.77. The Morgan fingerprint density at radius 1 is 1.32 bits per heavy atom. The fourth-order valence-electron chi connectivity index (χ4n) is 4.92. The normalized spacial score (nSPS) is 17.7. The Morgan fingerprint density at radius 3 is 2.58 bits per heavy atom. The maximum atomic E-state index is 15.6. The van der Waals surface area contributed by atoms with E-state index < -0.39 is 41.0 Å². The Hall–Kier alpha value is -2.93. The number of alkyl halides is 1. The molecule has 2 fully saturated rings. The lowest BCUT2D eigenvalue weighted by Crippen LogP contribution is -2.48. The summed E-state index contributed by atoms with van der Waals surface area (Å²) >= 11 is 0. The second kappa shape index (κ2) is 13.6. The van der Waals surface area contributed by atoms with Gasteiger partial charge in [-0.05, 0) is 51.9 Å². The zero-order chi connectivity index (χ0) is 27.7. The van der Waals surface area contributed by atoms with E-state index in [1.54, 1.807) is 28.5 Å². The number of nitrogens with two attached hydrogens (primary N) is 1. The second-order valence-electron chi connectivity index (χ2n) is 10.1. The minimum Gasteiger partial charge on any atom is -0.492 e. The molecule has 10 nitrogen and oxygen atoms in total. The number of nitrogens with one attached hydrogen (secondary N) is 1. The number of methoxy groups -OCH3 is 1. The number of hydrogen-bond acceptors (Lipinski definition) is 7. The number of piperidine rings is 1. The fourth-order valence-corrected chi connectivity index (χ4v) is 4.92. The number of fused-ring (bicyclic) bond motifs is 1. The zero-order valence-electron chi connectivity index (χ0n) is 22.5. The quantitative estimate of drug-likeness (QED) is 0.294. The molecule has 14 heteroatoms. The molecule has 1 aromatic heterocycles. The lowest BCUT2D eigenvalue weighted by molar-refractivity contribution is -0.123. The number of amides is 1. The van der Waals surface area contributed by atoms with Crippen LogP contribution in [-0.4, -0.2) is 79.6 Å². The van der Waals surface area contributed by atoms with Crippen LogP contribution in [0.15, 0.2) is 28.7 Å². The number of nitrogens with zero attached hydrogens (tertiary/aromatic N) is 3. The highest BCUT2D eigenvalue weighted by molar-refractivity contribution is 5.97. The molecule has 1 aliphatic carbocycles. The van der Waals surface area contributed by atoms with E-state index in [0.29, 0.717) is 30.5 Å². The van der Waals surface area contributed by atoms with Crippen molar-refractivity contribution in [2.24, 2.45) is 5.73 Å². The van der Waals surface area contributed by atoms with Crippen molar-refractivity contribution in [3.63, 3.8) is 0 Å². The number of hydrogen-bond donors (Lipinski definition) is 3. The van der Waals surface area contributed by atoms with Crippen LogP contribution >= 0.6 is 24.8 Å². The van der Waals surface area contributed by atoms with Gasteiger partial charge in [-0.1, -0.05) is 5.57 Å². The van der Waals surface area contributed by atoms with Gasteiger partial charge in [0, 0.05) is 31.9 Å². The van der Waals surface area contributed by atoms with Gasteiger partial charge in [0.05, 0.1) is 24.1 Å². The lowest BCUT2D eigenvalue weighted by Gasteiger charge is -2.33. The molecule has 0 bridgehead atoms. The van der Waals surface area contributed by atoms with Gasteiger partial charge in [0.1, 0.15) is 11.3 Å². The average molecular weight is 606 g/mol. The van der Waals surface area contributed by atoms with Crippen molar-refractivity contribution in [3.05, 3.63) is 45.5 Å². The number of rotatable bonds is 9. The second-order valence-corrected chi connectivity index (χ2v) is 10.1. The highest BCUT2D eigenvalue weighted by Gasteiger charge is 2.32. The summed E-state index contributed by atoms with van der Waals surface area (Å²) in [6.07, 6.45) is 3.59. The smallest absolute Gasteiger partial charge is 0.341 e. The zero-order valence-corrected chi connectivity index (χ0v) is 24.1. The van der Waals surface area contributed by atoms with Crippen molar-refractivity contribution in [2.75, 3.05) is 45.7 Å². The molecule has 222 valence electrons. The number of carbonyl (C=O) groups excluding carboxylic acids is 1. The number of carbonyl (C=O) groups is 2. The van der Waals surface area contributed by atoms with Crippen LogP contribution in [0.25, 0.3) is 10.9 Å². The summed E-state index contributed by atoms with van der Waals surface area (Å²) in [5, 5.41) is 11.7. The van der Waals surface area contributed by atoms with E-state index in [9.17, 15) is 23.9 Å². The predicted octanol–water partition coefficient (Wildman–Crippen LogP) is 2.85. The number of pyridine rings is 1. The fraction of sp³-hybridized carbons (Fsp3) is 0.500. The molecule has 40 heavy (non-hydrogen) atoms. The van der Waals surface area contributed by atoms with Crippen LogP contribution in [0, 0.1) is 5.82 Å². The maximum absolute atomic E-state index is 15.6. The van der Waals surface area contributed by atoms with Gasteiger partial charge in [-0.2, -0.15) is 0 Å². The minimum atomic E-state index is -1.76. The Bertz CT molecular complexity index is 1350. The Balaban J connectivity index is 0.00000280. The average Bonchev–Trinajstić information content (AvgIpc) is 3.68. The van der Waals surface area contributed by atoms with Crippen LogP contribution in [0.2, 0.25) is 0 Å². The van der Waals surface area contributed by atoms with Crippen molar-refractivity contribution < 1.29 is 28.2 Å². The molecule has 0 spiro atoms. The summed E-state index contributed by atoms with van der Waals surface area (Å²) in [5.41, 5.74) is 5.71.